The topological polar surface area (TPSA) is 89.9 Å². The highest BCUT2D eigenvalue weighted by atomic mass is 16.5. The van der Waals surface area contributed by atoms with E-state index in [0.717, 1.165) is 51.4 Å². The molecule has 4 aliphatic rings. The Morgan fingerprint density at radius 3 is 2.17 bits per heavy atom. The van der Waals surface area contributed by atoms with Crippen molar-refractivity contribution in [1.29, 1.82) is 0 Å². The third-order valence-electron chi connectivity index (χ3n) is 11.5. The Morgan fingerprint density at radius 1 is 0.917 bits per heavy atom. The normalized spacial score (nSPS) is 44.5. The zero-order valence-electron chi connectivity index (χ0n) is 23.3. The number of hydrogen-bond donors (Lipinski definition) is 1. The van der Waals surface area contributed by atoms with Gasteiger partial charge in [0.15, 0.2) is 0 Å². The van der Waals surface area contributed by atoms with Gasteiger partial charge >= 0.3 is 17.9 Å². The molecule has 4 aliphatic carbocycles. The number of aliphatic carboxylic acids is 1. The summed E-state index contributed by atoms with van der Waals surface area (Å²) in [6.45, 7) is 12.5. The highest BCUT2D eigenvalue weighted by Crippen LogP contribution is 2.70. The Balaban J connectivity index is 1.67. The van der Waals surface area contributed by atoms with Crippen LogP contribution < -0.4 is 0 Å². The fourth-order valence-corrected chi connectivity index (χ4v) is 10.1. The molecule has 0 spiro atoms. The second-order valence-electron chi connectivity index (χ2n) is 13.2. The molecule has 1 N–H and O–H groups in total. The van der Waals surface area contributed by atoms with Crippen LogP contribution in [0.25, 0.3) is 0 Å². The van der Waals surface area contributed by atoms with Crippen LogP contribution >= 0.6 is 0 Å². The number of fused-ring (bicyclic) bond motifs is 5. The molecule has 4 saturated carbocycles. The molecule has 204 valence electrons. The van der Waals surface area contributed by atoms with Gasteiger partial charge in [0.25, 0.3) is 0 Å². The van der Waals surface area contributed by atoms with E-state index in [1.165, 1.54) is 13.3 Å². The van der Waals surface area contributed by atoms with E-state index in [1.807, 2.05) is 0 Å². The van der Waals surface area contributed by atoms with Gasteiger partial charge in [-0.15, -0.1) is 0 Å². The van der Waals surface area contributed by atoms with Crippen LogP contribution in [0.3, 0.4) is 0 Å². The van der Waals surface area contributed by atoms with Crippen molar-refractivity contribution < 1.29 is 29.0 Å². The van der Waals surface area contributed by atoms with Crippen LogP contribution in [-0.2, 0) is 23.9 Å². The van der Waals surface area contributed by atoms with Crippen molar-refractivity contribution in [2.24, 2.45) is 52.3 Å². The lowest BCUT2D eigenvalue weighted by Crippen LogP contribution is -2.63. The summed E-state index contributed by atoms with van der Waals surface area (Å²) in [5, 5.41) is 9.26. The van der Waals surface area contributed by atoms with Crippen molar-refractivity contribution in [3.05, 3.63) is 0 Å². The molecule has 3 unspecified atom stereocenters. The van der Waals surface area contributed by atoms with Gasteiger partial charge < -0.3 is 14.6 Å². The average molecular weight is 505 g/mol. The van der Waals surface area contributed by atoms with Crippen molar-refractivity contribution in [3.8, 4) is 0 Å². The highest BCUT2D eigenvalue weighted by Gasteiger charge is 2.66. The maximum Gasteiger partial charge on any atom is 0.303 e. The maximum atomic E-state index is 12.4. The molecule has 0 aromatic rings. The number of rotatable bonds is 7. The minimum Gasteiger partial charge on any atom is -0.481 e. The first-order chi connectivity index (χ1) is 16.9. The van der Waals surface area contributed by atoms with E-state index in [4.69, 9.17) is 9.47 Å². The molecule has 0 heterocycles. The van der Waals surface area contributed by atoms with Crippen molar-refractivity contribution in [2.75, 3.05) is 0 Å². The van der Waals surface area contributed by atoms with E-state index in [1.54, 1.807) is 6.92 Å². The van der Waals surface area contributed by atoms with Crippen LogP contribution in [0, 0.1) is 52.3 Å². The summed E-state index contributed by atoms with van der Waals surface area (Å²) in [6.07, 6.45) is 9.23. The molecule has 0 radical (unpaired) electrons. The van der Waals surface area contributed by atoms with Crippen LogP contribution in [0.2, 0.25) is 0 Å². The highest BCUT2D eigenvalue weighted by molar-refractivity contribution is 5.67. The summed E-state index contributed by atoms with van der Waals surface area (Å²) in [6, 6.07) is 0. The maximum absolute atomic E-state index is 12.4. The van der Waals surface area contributed by atoms with E-state index < -0.39 is 5.97 Å². The molecule has 11 atom stereocenters. The molecule has 0 amide bonds. The Labute approximate surface area is 217 Å². The van der Waals surface area contributed by atoms with E-state index >= 15 is 0 Å². The summed E-state index contributed by atoms with van der Waals surface area (Å²) in [4.78, 5) is 35.4. The fourth-order valence-electron chi connectivity index (χ4n) is 10.1. The first kappa shape index (κ1) is 27.4. The van der Waals surface area contributed by atoms with Gasteiger partial charge in [0.2, 0.25) is 0 Å². The minimum absolute atomic E-state index is 0.0380. The van der Waals surface area contributed by atoms with Crippen molar-refractivity contribution >= 4 is 17.9 Å². The van der Waals surface area contributed by atoms with Crippen LogP contribution in [0.4, 0.5) is 0 Å². The summed E-state index contributed by atoms with van der Waals surface area (Å²) >= 11 is 0. The largest absolute Gasteiger partial charge is 0.481 e. The van der Waals surface area contributed by atoms with Crippen molar-refractivity contribution in [1.82, 2.24) is 0 Å². The first-order valence-electron chi connectivity index (χ1n) is 14.5. The molecule has 0 bridgehead atoms. The average Bonchev–Trinajstić information content (AvgIpc) is 3.15. The lowest BCUT2D eigenvalue weighted by Gasteiger charge is -2.65. The predicted molar refractivity (Wildman–Crippen MR) is 137 cm³/mol. The van der Waals surface area contributed by atoms with E-state index in [9.17, 15) is 19.5 Å². The summed E-state index contributed by atoms with van der Waals surface area (Å²) in [5.41, 5.74) is 0.320. The SMILES string of the molecule is CC[C@H]1[C@@H](OC(C)=O)C2C3CC[C@H]([C@H](C)CCC(=O)O)[C@@]3(C)CCC2[C@@]2(C)CC[C@@H](OC(C)=O)C[C@@H]12. The minimum atomic E-state index is -0.707. The first-order valence-corrected chi connectivity index (χ1v) is 14.5. The second kappa shape index (κ2) is 10.3. The summed E-state index contributed by atoms with van der Waals surface area (Å²) in [7, 11) is 0. The van der Waals surface area contributed by atoms with Crippen LogP contribution in [-0.4, -0.2) is 35.2 Å². The number of hydrogen-bond acceptors (Lipinski definition) is 5. The molecule has 0 aliphatic heterocycles. The van der Waals surface area contributed by atoms with Gasteiger partial charge in [-0.2, -0.15) is 0 Å². The van der Waals surface area contributed by atoms with E-state index in [0.29, 0.717) is 35.5 Å². The van der Waals surface area contributed by atoms with E-state index in [2.05, 4.69) is 27.7 Å². The van der Waals surface area contributed by atoms with E-state index in [-0.39, 0.29) is 47.3 Å². The Kier molecular flexibility index (Phi) is 7.84. The predicted octanol–water partition coefficient (Wildman–Crippen LogP) is 6.26. The zero-order chi connectivity index (χ0) is 26.4. The fraction of sp³-hybridized carbons (Fsp3) is 0.900. The number of carbonyl (C=O) groups is 3. The van der Waals surface area contributed by atoms with Gasteiger partial charge in [-0.1, -0.05) is 27.7 Å². The third-order valence-corrected chi connectivity index (χ3v) is 11.5. The molecule has 4 rings (SSSR count). The Morgan fingerprint density at radius 2 is 1.56 bits per heavy atom. The lowest BCUT2D eigenvalue weighted by molar-refractivity contribution is -0.219. The molecule has 36 heavy (non-hydrogen) atoms. The number of carboxylic acid groups (broad SMARTS) is 1. The Bertz CT molecular complexity index is 854. The zero-order valence-corrected chi connectivity index (χ0v) is 23.3. The van der Waals surface area contributed by atoms with Crippen molar-refractivity contribution in [3.63, 3.8) is 0 Å². The van der Waals surface area contributed by atoms with Gasteiger partial charge in [-0.25, -0.2) is 0 Å². The quantitative estimate of drug-likeness (QED) is 0.412. The lowest BCUT2D eigenvalue weighted by atomic mass is 9.41. The molecule has 6 heteroatoms. The van der Waals surface area contributed by atoms with Gasteiger partial charge in [0.1, 0.15) is 12.2 Å². The molecule has 0 aromatic carbocycles. The van der Waals surface area contributed by atoms with Gasteiger partial charge in [-0.3, -0.25) is 14.4 Å². The number of carboxylic acids is 1. The number of esters is 2. The molecule has 0 aromatic heterocycles. The van der Waals surface area contributed by atoms with Crippen molar-refractivity contribution in [2.45, 2.75) is 118 Å². The molecular weight excluding hydrogens is 456 g/mol. The monoisotopic (exact) mass is 504 g/mol. The van der Waals surface area contributed by atoms with Crippen LogP contribution in [0.1, 0.15) is 106 Å². The number of carbonyl (C=O) groups excluding carboxylic acids is 2. The van der Waals surface area contributed by atoms with Gasteiger partial charge in [0, 0.05) is 26.2 Å². The second-order valence-corrected chi connectivity index (χ2v) is 13.2. The molecule has 6 nitrogen and oxygen atoms in total. The molecular formula is C30H48O6. The summed E-state index contributed by atoms with van der Waals surface area (Å²) in [5.74, 6) is 1.79. The number of ether oxygens (including phenoxy) is 2. The van der Waals surface area contributed by atoms with Crippen LogP contribution in [0.15, 0.2) is 0 Å². The standard InChI is InChI=1S/C30H48O6/c1-7-21-25-16-20(35-18(3)31)12-14-30(25,6)24-13-15-29(5)22(17(2)8-11-26(33)34)9-10-23(29)27(24)28(21)36-19(4)32/h17,20-25,27-28H,7-16H2,1-6H3,(H,33,34)/t17-,20-,21-,22-,23?,24?,25+,27?,28-,29-,30-/m1/s1. The molecule has 0 saturated heterocycles. The Hall–Kier alpha value is -1.59. The third kappa shape index (κ3) is 4.71. The molecule has 4 fully saturated rings. The van der Waals surface area contributed by atoms with Gasteiger partial charge in [-0.05, 0) is 104 Å². The van der Waals surface area contributed by atoms with Crippen LogP contribution in [0.5, 0.6) is 0 Å². The van der Waals surface area contributed by atoms with Gasteiger partial charge in [0.05, 0.1) is 0 Å². The smallest absolute Gasteiger partial charge is 0.303 e. The summed E-state index contributed by atoms with van der Waals surface area (Å²) < 4.78 is 12.0.